The van der Waals surface area contributed by atoms with Gasteiger partial charge in [-0.3, -0.25) is 0 Å². The van der Waals surface area contributed by atoms with Crippen LogP contribution in [0.25, 0.3) is 0 Å². The topological polar surface area (TPSA) is 77.4 Å². The monoisotopic (exact) mass is 440 g/mol. The van der Waals surface area contributed by atoms with Gasteiger partial charge in [-0.05, 0) is 50.0 Å². The Morgan fingerprint density at radius 3 is 1.84 bits per heavy atom. The maximum absolute atomic E-state index is 10.1. The highest BCUT2D eigenvalue weighted by Crippen LogP contribution is 2.26. The quantitative estimate of drug-likeness (QED) is 0.359. The summed E-state index contributed by atoms with van der Waals surface area (Å²) in [4.78, 5) is 0. The van der Waals surface area contributed by atoms with Crippen molar-refractivity contribution in [3.8, 4) is 5.75 Å². The number of phenols is 1. The van der Waals surface area contributed by atoms with Crippen LogP contribution in [0.15, 0.2) is 35.9 Å². The van der Waals surface area contributed by atoms with E-state index in [-0.39, 0.29) is 11.9 Å². The molecule has 1 aromatic carbocycles. The third kappa shape index (κ3) is 14.9. The van der Waals surface area contributed by atoms with Gasteiger partial charge < -0.3 is 29.2 Å². The Balaban J connectivity index is 0. The summed E-state index contributed by atoms with van der Waals surface area (Å²) in [5, 5.41) is 19.1. The molecule has 1 rings (SSSR count). The van der Waals surface area contributed by atoms with Crippen molar-refractivity contribution in [2.75, 3.05) is 41.7 Å². The molecule has 6 nitrogen and oxygen atoms in total. The molecule has 180 valence electrons. The molecule has 0 saturated carbocycles. The molecule has 1 atom stereocenters. The lowest BCUT2D eigenvalue weighted by molar-refractivity contribution is 0.173. The van der Waals surface area contributed by atoms with E-state index in [1.165, 1.54) is 0 Å². The molecule has 0 aliphatic carbocycles. The second kappa shape index (κ2) is 21.5. The summed E-state index contributed by atoms with van der Waals surface area (Å²) in [5.74, 6) is 0.265. The van der Waals surface area contributed by atoms with Crippen LogP contribution in [0.3, 0.4) is 0 Å². The summed E-state index contributed by atoms with van der Waals surface area (Å²) >= 11 is 0. The molecule has 31 heavy (non-hydrogen) atoms. The summed E-state index contributed by atoms with van der Waals surface area (Å²) in [6.45, 7) is 9.66. The molecule has 0 aliphatic rings. The van der Waals surface area contributed by atoms with Gasteiger partial charge >= 0.3 is 0 Å². The van der Waals surface area contributed by atoms with Crippen molar-refractivity contribution < 1.29 is 29.2 Å². The first-order chi connectivity index (χ1) is 14.9. The number of hydrogen-bond donors (Lipinski definition) is 2. The van der Waals surface area contributed by atoms with Crippen LogP contribution >= 0.6 is 0 Å². The largest absolute Gasteiger partial charge is 0.507 e. The molecule has 0 fully saturated rings. The van der Waals surface area contributed by atoms with E-state index in [2.05, 4.69) is 12.2 Å². The van der Waals surface area contributed by atoms with Crippen molar-refractivity contribution in [1.82, 2.24) is 0 Å². The van der Waals surface area contributed by atoms with Gasteiger partial charge in [0.15, 0.2) is 0 Å². The standard InChI is InChI=1S/C16H24O4.C7H14O2.C2H6/c1-18-8-6-4-5-7-13-9-14(11-19-2)16(17)15(10-13)12-20-3;1-4-7(5-9-3)6(2)8;1-2/h4-5,9-10,17H,6-8,11-12H2,1-3H3;4,6,8H,5H2,1-3H3;1-2H3/b5-4+;7-4-;. The van der Waals surface area contributed by atoms with E-state index < -0.39 is 0 Å². The Morgan fingerprint density at radius 2 is 1.48 bits per heavy atom. The second-order valence-corrected chi connectivity index (χ2v) is 6.56. The number of allylic oxidation sites excluding steroid dienone is 2. The smallest absolute Gasteiger partial charge is 0.126 e. The third-order valence-electron chi connectivity index (χ3n) is 4.15. The molecule has 0 bridgehead atoms. The van der Waals surface area contributed by atoms with Gasteiger partial charge in [0.1, 0.15) is 5.75 Å². The highest BCUT2D eigenvalue weighted by molar-refractivity contribution is 5.43. The fourth-order valence-corrected chi connectivity index (χ4v) is 2.62. The molecule has 0 aromatic heterocycles. The molecule has 1 unspecified atom stereocenters. The maximum atomic E-state index is 10.1. The van der Waals surface area contributed by atoms with E-state index in [0.717, 1.165) is 41.7 Å². The van der Waals surface area contributed by atoms with Crippen LogP contribution in [0, 0.1) is 0 Å². The van der Waals surface area contributed by atoms with Crippen LogP contribution in [0.1, 0.15) is 50.8 Å². The maximum Gasteiger partial charge on any atom is 0.126 e. The van der Waals surface area contributed by atoms with Gasteiger partial charge in [0, 0.05) is 46.2 Å². The number of ether oxygens (including phenoxy) is 4. The van der Waals surface area contributed by atoms with Crippen LogP contribution in [0.4, 0.5) is 0 Å². The summed E-state index contributed by atoms with van der Waals surface area (Å²) in [6.07, 6.45) is 7.42. The minimum Gasteiger partial charge on any atom is -0.507 e. The minimum absolute atomic E-state index is 0.265. The Hall–Kier alpha value is -1.70. The van der Waals surface area contributed by atoms with Crippen LogP contribution in [-0.2, 0) is 38.6 Å². The van der Waals surface area contributed by atoms with E-state index >= 15 is 0 Å². The molecule has 2 N–H and O–H groups in total. The number of hydrogen-bond acceptors (Lipinski definition) is 6. The van der Waals surface area contributed by atoms with Gasteiger partial charge in [-0.2, -0.15) is 0 Å². The molecular weight excluding hydrogens is 396 g/mol. The van der Waals surface area contributed by atoms with Crippen LogP contribution in [0.5, 0.6) is 5.75 Å². The van der Waals surface area contributed by atoms with Crippen LogP contribution in [0.2, 0.25) is 0 Å². The molecule has 0 spiro atoms. The van der Waals surface area contributed by atoms with Gasteiger partial charge in [-0.25, -0.2) is 0 Å². The molecule has 0 saturated heterocycles. The molecule has 6 heteroatoms. The predicted octanol–water partition coefficient (Wildman–Crippen LogP) is 4.81. The Bertz CT molecular complexity index is 581. The summed E-state index contributed by atoms with van der Waals surface area (Å²) in [6, 6.07) is 3.94. The zero-order chi connectivity index (χ0) is 24.1. The lowest BCUT2D eigenvalue weighted by atomic mass is 10.0. The summed E-state index contributed by atoms with van der Waals surface area (Å²) in [7, 11) is 6.55. The van der Waals surface area contributed by atoms with E-state index in [1.807, 2.05) is 39.0 Å². The van der Waals surface area contributed by atoms with E-state index in [1.54, 1.807) is 35.4 Å². The fraction of sp³-hybridized carbons (Fsp3) is 0.600. The molecule has 0 aliphatic heterocycles. The number of phenolic OH excluding ortho intramolecular Hbond substituents is 1. The molecule has 0 radical (unpaired) electrons. The summed E-state index contributed by atoms with van der Waals surface area (Å²) < 4.78 is 20.1. The van der Waals surface area contributed by atoms with E-state index in [0.29, 0.717) is 19.8 Å². The number of rotatable bonds is 12. The highest BCUT2D eigenvalue weighted by atomic mass is 16.5. The average molecular weight is 441 g/mol. The first-order valence-electron chi connectivity index (χ1n) is 10.7. The summed E-state index contributed by atoms with van der Waals surface area (Å²) in [5.41, 5.74) is 3.65. The minimum atomic E-state index is -0.380. The van der Waals surface area contributed by atoms with Crippen molar-refractivity contribution >= 4 is 0 Å². The van der Waals surface area contributed by atoms with Gasteiger partial charge in [-0.15, -0.1) is 0 Å². The highest BCUT2D eigenvalue weighted by Gasteiger charge is 2.09. The normalized spacial score (nSPS) is 12.1. The first kappa shape index (κ1) is 31.5. The number of aromatic hydroxyl groups is 1. The van der Waals surface area contributed by atoms with Crippen LogP contribution < -0.4 is 0 Å². The Labute approximate surface area is 189 Å². The van der Waals surface area contributed by atoms with Crippen molar-refractivity contribution in [3.05, 3.63) is 52.6 Å². The lowest BCUT2D eigenvalue weighted by Gasteiger charge is -2.11. The van der Waals surface area contributed by atoms with Gasteiger partial charge in [0.05, 0.1) is 25.9 Å². The molecule has 0 heterocycles. The van der Waals surface area contributed by atoms with E-state index in [9.17, 15) is 5.11 Å². The number of aliphatic hydroxyl groups excluding tert-OH is 1. The van der Waals surface area contributed by atoms with Gasteiger partial charge in [0.2, 0.25) is 0 Å². The third-order valence-corrected chi connectivity index (χ3v) is 4.15. The Kier molecular flexibility index (Phi) is 21.9. The zero-order valence-electron chi connectivity index (χ0n) is 20.7. The van der Waals surface area contributed by atoms with Crippen molar-refractivity contribution in [3.63, 3.8) is 0 Å². The van der Waals surface area contributed by atoms with Gasteiger partial charge in [-0.1, -0.05) is 32.1 Å². The number of aliphatic hydroxyl groups is 1. The van der Waals surface area contributed by atoms with E-state index in [4.69, 9.17) is 24.1 Å². The zero-order valence-corrected chi connectivity index (χ0v) is 20.7. The molecule has 0 amide bonds. The second-order valence-electron chi connectivity index (χ2n) is 6.56. The van der Waals surface area contributed by atoms with Crippen molar-refractivity contribution in [2.24, 2.45) is 0 Å². The van der Waals surface area contributed by atoms with Crippen molar-refractivity contribution in [2.45, 2.75) is 59.9 Å². The predicted molar refractivity (Wildman–Crippen MR) is 128 cm³/mol. The lowest BCUT2D eigenvalue weighted by Crippen LogP contribution is -2.09. The number of benzene rings is 1. The first-order valence-corrected chi connectivity index (χ1v) is 10.7. The average Bonchev–Trinajstić information content (AvgIpc) is 2.77. The van der Waals surface area contributed by atoms with Crippen LogP contribution in [-0.4, -0.2) is 58.0 Å². The number of methoxy groups -OCH3 is 4. The SMILES string of the molecule is C/C=C(/COC)C(C)O.CC.COCC/C=C/Cc1cc(COC)c(O)c(COC)c1. The van der Waals surface area contributed by atoms with Crippen molar-refractivity contribution in [1.29, 1.82) is 0 Å². The molecular formula is C25H44O6. The van der Waals surface area contributed by atoms with Gasteiger partial charge in [0.25, 0.3) is 0 Å². The fourth-order valence-electron chi connectivity index (χ4n) is 2.62. The Morgan fingerprint density at radius 1 is 0.935 bits per heavy atom. The molecule has 1 aromatic rings.